The first kappa shape index (κ1) is 23.8. The number of amides is 1. The largest absolute Gasteiger partial charge is 0.457 e. The number of nitrogens with one attached hydrogen (secondary N) is 2. The molecule has 0 spiro atoms. The molecule has 0 radical (unpaired) electrons. The summed E-state index contributed by atoms with van der Waals surface area (Å²) in [6, 6.07) is 24.0. The van der Waals surface area contributed by atoms with Crippen molar-refractivity contribution in [2.45, 2.75) is 26.6 Å². The molecule has 37 heavy (non-hydrogen) atoms. The monoisotopic (exact) mass is 495 g/mol. The molecule has 1 amide bonds. The Kier molecular flexibility index (Phi) is 6.67. The molecule has 0 saturated heterocycles. The second kappa shape index (κ2) is 10.4. The maximum atomic E-state index is 12.6. The lowest BCUT2D eigenvalue weighted by molar-refractivity contribution is 0.0951. The number of carbonyl (C=O) groups is 1. The number of carbonyl (C=O) groups excluding carboxylic acids is 1. The van der Waals surface area contributed by atoms with Crippen molar-refractivity contribution in [3.8, 4) is 11.5 Å². The number of aromatic amines is 1. The van der Waals surface area contributed by atoms with Crippen LogP contribution in [0.5, 0.6) is 11.5 Å². The van der Waals surface area contributed by atoms with E-state index in [0.717, 1.165) is 16.9 Å². The van der Waals surface area contributed by atoms with Crippen molar-refractivity contribution in [2.75, 3.05) is 0 Å². The van der Waals surface area contributed by atoms with E-state index < -0.39 is 11.2 Å². The van der Waals surface area contributed by atoms with Gasteiger partial charge in [0.25, 0.3) is 11.5 Å². The number of ether oxygens (including phenoxy) is 1. The Bertz CT molecular complexity index is 1650. The van der Waals surface area contributed by atoms with Crippen LogP contribution in [-0.4, -0.2) is 25.0 Å². The summed E-state index contributed by atoms with van der Waals surface area (Å²) in [4.78, 5) is 43.9. The minimum absolute atomic E-state index is 0.191. The van der Waals surface area contributed by atoms with E-state index in [1.807, 2.05) is 61.5 Å². The highest BCUT2D eigenvalue weighted by Crippen LogP contribution is 2.21. The van der Waals surface area contributed by atoms with Crippen molar-refractivity contribution in [1.29, 1.82) is 0 Å². The van der Waals surface area contributed by atoms with Gasteiger partial charge in [0, 0.05) is 18.7 Å². The predicted molar refractivity (Wildman–Crippen MR) is 140 cm³/mol. The maximum Gasteiger partial charge on any atom is 0.330 e. The lowest BCUT2D eigenvalue weighted by atomic mass is 10.1. The van der Waals surface area contributed by atoms with Gasteiger partial charge in [0.15, 0.2) is 11.2 Å². The van der Waals surface area contributed by atoms with E-state index in [0.29, 0.717) is 35.6 Å². The molecule has 0 aliphatic rings. The Labute approximate surface area is 212 Å². The summed E-state index contributed by atoms with van der Waals surface area (Å²) < 4.78 is 8.92. The zero-order chi connectivity index (χ0) is 25.8. The molecule has 2 N–H and O–H groups in total. The summed E-state index contributed by atoms with van der Waals surface area (Å²) in [5.41, 5.74) is 2.09. The minimum atomic E-state index is -0.504. The van der Waals surface area contributed by atoms with E-state index in [2.05, 4.69) is 15.3 Å². The highest BCUT2D eigenvalue weighted by Gasteiger charge is 2.13. The lowest BCUT2D eigenvalue weighted by Crippen LogP contribution is -2.31. The average Bonchev–Trinajstić information content (AvgIpc) is 3.36. The number of H-pyrrole nitrogens is 1. The van der Waals surface area contributed by atoms with E-state index >= 15 is 0 Å². The smallest absolute Gasteiger partial charge is 0.330 e. The SMILES string of the molecule is CCn1cnc2c1c(=O)[nH]c(=O)n2Cc1ccc(CNC(=O)c2ccc(Oc3ccccc3)cc2)cc1. The highest BCUT2D eigenvalue weighted by atomic mass is 16.5. The molecule has 0 fully saturated rings. The van der Waals surface area contributed by atoms with Crippen molar-refractivity contribution in [3.05, 3.63) is 123 Å². The molecule has 9 nitrogen and oxygen atoms in total. The molecule has 2 heterocycles. The van der Waals surface area contributed by atoms with Crippen LogP contribution in [-0.2, 0) is 19.6 Å². The lowest BCUT2D eigenvalue weighted by Gasteiger charge is -2.09. The molecular formula is C28H25N5O4. The van der Waals surface area contributed by atoms with Crippen LogP contribution in [0.15, 0.2) is 94.8 Å². The maximum absolute atomic E-state index is 12.6. The number of nitrogens with zero attached hydrogens (tertiary/aromatic N) is 3. The Morgan fingerprint density at radius 2 is 1.59 bits per heavy atom. The number of para-hydroxylation sites is 1. The number of fused-ring (bicyclic) bond motifs is 1. The Hall–Kier alpha value is -4.92. The summed E-state index contributed by atoms with van der Waals surface area (Å²) in [6.45, 7) is 3.09. The molecule has 186 valence electrons. The molecular weight excluding hydrogens is 470 g/mol. The molecule has 0 saturated carbocycles. The van der Waals surface area contributed by atoms with Crippen molar-refractivity contribution in [2.24, 2.45) is 0 Å². The first-order valence-electron chi connectivity index (χ1n) is 11.9. The van der Waals surface area contributed by atoms with Crippen LogP contribution in [0.25, 0.3) is 11.2 Å². The van der Waals surface area contributed by atoms with Crippen molar-refractivity contribution >= 4 is 17.1 Å². The van der Waals surface area contributed by atoms with Gasteiger partial charge in [-0.05, 0) is 54.4 Å². The molecule has 9 heteroatoms. The van der Waals surface area contributed by atoms with E-state index in [4.69, 9.17) is 4.74 Å². The first-order valence-corrected chi connectivity index (χ1v) is 11.9. The first-order chi connectivity index (χ1) is 18.0. The van der Waals surface area contributed by atoms with E-state index in [-0.39, 0.29) is 12.5 Å². The van der Waals surface area contributed by atoms with Crippen LogP contribution in [0, 0.1) is 0 Å². The van der Waals surface area contributed by atoms with Gasteiger partial charge in [-0.2, -0.15) is 0 Å². The zero-order valence-electron chi connectivity index (χ0n) is 20.2. The number of rotatable bonds is 8. The molecule has 0 bridgehead atoms. The van der Waals surface area contributed by atoms with Gasteiger partial charge in [0.2, 0.25) is 0 Å². The topological polar surface area (TPSA) is 111 Å². The van der Waals surface area contributed by atoms with Gasteiger partial charge in [-0.3, -0.25) is 19.1 Å². The number of imidazole rings is 1. The van der Waals surface area contributed by atoms with Gasteiger partial charge in [0.1, 0.15) is 11.5 Å². The van der Waals surface area contributed by atoms with Crippen LogP contribution in [0.3, 0.4) is 0 Å². The molecule has 5 aromatic rings. The van der Waals surface area contributed by atoms with Crippen molar-refractivity contribution < 1.29 is 9.53 Å². The van der Waals surface area contributed by atoms with Crippen LogP contribution < -0.4 is 21.3 Å². The average molecular weight is 496 g/mol. The van der Waals surface area contributed by atoms with Gasteiger partial charge < -0.3 is 14.6 Å². The summed E-state index contributed by atoms with van der Waals surface area (Å²) in [6.07, 6.45) is 1.56. The molecule has 0 aliphatic carbocycles. The minimum Gasteiger partial charge on any atom is -0.457 e. The van der Waals surface area contributed by atoms with Gasteiger partial charge in [-0.1, -0.05) is 42.5 Å². The zero-order valence-corrected chi connectivity index (χ0v) is 20.2. The molecule has 5 rings (SSSR count). The standard InChI is InChI=1S/C28H25N5O4/c1-2-32-18-30-25-24(32)27(35)31-28(36)33(25)17-20-10-8-19(9-11-20)16-29-26(34)21-12-14-23(15-13-21)37-22-6-4-3-5-7-22/h3-15,18H,2,16-17H2,1H3,(H,29,34)(H,31,35,36). The van der Waals surface area contributed by atoms with Crippen LogP contribution >= 0.6 is 0 Å². The van der Waals surface area contributed by atoms with Gasteiger partial charge in [-0.15, -0.1) is 0 Å². The van der Waals surface area contributed by atoms with Crippen LogP contribution in [0.1, 0.15) is 28.4 Å². The molecule has 0 aliphatic heterocycles. The number of benzene rings is 3. The third kappa shape index (κ3) is 5.20. The summed E-state index contributed by atoms with van der Waals surface area (Å²) in [7, 11) is 0. The number of hydrogen-bond donors (Lipinski definition) is 2. The van der Waals surface area contributed by atoms with E-state index in [1.165, 1.54) is 4.57 Å². The van der Waals surface area contributed by atoms with E-state index in [1.54, 1.807) is 35.2 Å². The number of hydrogen-bond acceptors (Lipinski definition) is 5. The van der Waals surface area contributed by atoms with Gasteiger partial charge in [0.05, 0.1) is 12.9 Å². The van der Waals surface area contributed by atoms with E-state index in [9.17, 15) is 14.4 Å². The number of aromatic nitrogens is 4. The van der Waals surface area contributed by atoms with Crippen LogP contribution in [0.4, 0.5) is 0 Å². The fraction of sp³-hybridized carbons (Fsp3) is 0.143. The third-order valence-electron chi connectivity index (χ3n) is 6.01. The van der Waals surface area contributed by atoms with Gasteiger partial charge in [-0.25, -0.2) is 9.78 Å². The van der Waals surface area contributed by atoms with Gasteiger partial charge >= 0.3 is 5.69 Å². The Morgan fingerprint density at radius 3 is 2.30 bits per heavy atom. The summed E-state index contributed by atoms with van der Waals surface area (Å²) >= 11 is 0. The molecule has 3 aromatic carbocycles. The number of aryl methyl sites for hydroxylation is 1. The Morgan fingerprint density at radius 1 is 0.919 bits per heavy atom. The predicted octanol–water partition coefficient (Wildman–Crippen LogP) is 3.68. The second-order valence-electron chi connectivity index (χ2n) is 8.49. The quantitative estimate of drug-likeness (QED) is 0.341. The van der Waals surface area contributed by atoms with Crippen molar-refractivity contribution in [1.82, 2.24) is 24.4 Å². The molecule has 2 aromatic heterocycles. The summed E-state index contributed by atoms with van der Waals surface area (Å²) in [5, 5.41) is 2.91. The fourth-order valence-corrected chi connectivity index (χ4v) is 4.04. The Balaban J connectivity index is 1.21. The summed E-state index contributed by atoms with van der Waals surface area (Å²) in [5.74, 6) is 1.19. The van der Waals surface area contributed by atoms with Crippen LogP contribution in [0.2, 0.25) is 0 Å². The second-order valence-corrected chi connectivity index (χ2v) is 8.49. The third-order valence-corrected chi connectivity index (χ3v) is 6.01. The fourth-order valence-electron chi connectivity index (χ4n) is 4.04. The van der Waals surface area contributed by atoms with Crippen molar-refractivity contribution in [3.63, 3.8) is 0 Å². The highest BCUT2D eigenvalue weighted by molar-refractivity contribution is 5.94. The normalized spacial score (nSPS) is 10.9. The molecule has 0 atom stereocenters. The molecule has 0 unspecified atom stereocenters.